The molecule has 0 heterocycles. The molecule has 3 aromatic rings. The lowest BCUT2D eigenvalue weighted by atomic mass is 10.0. The van der Waals surface area contributed by atoms with Crippen LogP contribution < -0.4 is 10.6 Å². The van der Waals surface area contributed by atoms with Crippen molar-refractivity contribution in [3.63, 3.8) is 0 Å². The van der Waals surface area contributed by atoms with Crippen molar-refractivity contribution < 1.29 is 4.79 Å². The first-order valence-electron chi connectivity index (χ1n) is 9.29. The van der Waals surface area contributed by atoms with Gasteiger partial charge < -0.3 is 10.6 Å². The number of carbonyl (C=O) groups excluding carboxylic acids is 1. The summed E-state index contributed by atoms with van der Waals surface area (Å²) in [5.74, 6) is -0.0895. The molecule has 0 spiro atoms. The molecular formula is C24H26N2O. The van der Waals surface area contributed by atoms with Crippen LogP contribution in [0, 0.1) is 13.8 Å². The quantitative estimate of drug-likeness (QED) is 0.619. The normalized spacial score (nSPS) is 11.8. The van der Waals surface area contributed by atoms with E-state index in [-0.39, 0.29) is 11.9 Å². The Bertz CT molecular complexity index is 916. The molecule has 2 N–H and O–H groups in total. The molecular weight excluding hydrogens is 332 g/mol. The molecule has 138 valence electrons. The van der Waals surface area contributed by atoms with E-state index in [0.717, 1.165) is 23.4 Å². The van der Waals surface area contributed by atoms with Gasteiger partial charge in [0.15, 0.2) is 0 Å². The molecule has 0 aliphatic carbocycles. The van der Waals surface area contributed by atoms with Crippen LogP contribution >= 0.6 is 0 Å². The van der Waals surface area contributed by atoms with Crippen molar-refractivity contribution in [2.75, 3.05) is 5.32 Å². The van der Waals surface area contributed by atoms with Crippen LogP contribution in [0.5, 0.6) is 0 Å². The molecule has 3 heteroatoms. The van der Waals surface area contributed by atoms with Gasteiger partial charge in [-0.25, -0.2) is 0 Å². The number of anilines is 1. The van der Waals surface area contributed by atoms with E-state index in [1.165, 1.54) is 11.1 Å². The average molecular weight is 358 g/mol. The van der Waals surface area contributed by atoms with Gasteiger partial charge in [0.1, 0.15) is 0 Å². The van der Waals surface area contributed by atoms with E-state index in [1.54, 1.807) is 0 Å². The third-order valence-electron chi connectivity index (χ3n) is 4.77. The van der Waals surface area contributed by atoms with E-state index in [0.29, 0.717) is 5.56 Å². The third-order valence-corrected chi connectivity index (χ3v) is 4.77. The summed E-state index contributed by atoms with van der Waals surface area (Å²) in [6.45, 7) is 7.06. The molecule has 0 fully saturated rings. The van der Waals surface area contributed by atoms with Gasteiger partial charge in [-0.1, -0.05) is 54.1 Å². The van der Waals surface area contributed by atoms with Crippen LogP contribution in [0.15, 0.2) is 72.8 Å². The van der Waals surface area contributed by atoms with E-state index in [9.17, 15) is 4.79 Å². The van der Waals surface area contributed by atoms with Crippen molar-refractivity contribution >= 4 is 11.6 Å². The fourth-order valence-corrected chi connectivity index (χ4v) is 3.12. The summed E-state index contributed by atoms with van der Waals surface area (Å²) in [4.78, 5) is 12.4. The molecule has 0 aromatic heterocycles. The van der Waals surface area contributed by atoms with Crippen molar-refractivity contribution in [1.29, 1.82) is 0 Å². The molecule has 27 heavy (non-hydrogen) atoms. The molecule has 3 nitrogen and oxygen atoms in total. The number of nitrogens with one attached hydrogen (secondary N) is 2. The summed E-state index contributed by atoms with van der Waals surface area (Å²) < 4.78 is 0. The van der Waals surface area contributed by atoms with E-state index in [2.05, 4.69) is 54.8 Å². The maximum Gasteiger partial charge on any atom is 0.255 e. The zero-order chi connectivity index (χ0) is 19.2. The standard InChI is InChI=1S/C24H26N2O/c1-17-11-13-21(14-12-17)24(27)26-22-9-6-8-20(15-22)16-25-19(3)23-10-5-4-7-18(23)2/h4-15,19,25H,16H2,1-3H3,(H,26,27)/t19-/m0/s1. The van der Waals surface area contributed by atoms with Crippen molar-refractivity contribution in [2.45, 2.75) is 33.4 Å². The lowest BCUT2D eigenvalue weighted by Gasteiger charge is -2.17. The Kier molecular flexibility index (Phi) is 6.05. The zero-order valence-corrected chi connectivity index (χ0v) is 16.1. The van der Waals surface area contributed by atoms with Crippen molar-refractivity contribution in [3.8, 4) is 0 Å². The van der Waals surface area contributed by atoms with Crippen molar-refractivity contribution in [1.82, 2.24) is 5.32 Å². The number of aryl methyl sites for hydroxylation is 2. The second kappa shape index (κ2) is 8.65. The molecule has 0 aliphatic rings. The number of amides is 1. The van der Waals surface area contributed by atoms with Gasteiger partial charge in [0.25, 0.3) is 5.91 Å². The summed E-state index contributed by atoms with van der Waals surface area (Å²) in [5.41, 5.74) is 6.35. The van der Waals surface area contributed by atoms with Crippen LogP contribution in [0.2, 0.25) is 0 Å². The Morgan fingerprint density at radius 1 is 0.926 bits per heavy atom. The van der Waals surface area contributed by atoms with Gasteiger partial charge in [-0.15, -0.1) is 0 Å². The van der Waals surface area contributed by atoms with Crippen LogP contribution in [0.1, 0.15) is 45.6 Å². The third kappa shape index (κ3) is 5.05. The number of hydrogen-bond acceptors (Lipinski definition) is 2. The summed E-state index contributed by atoms with van der Waals surface area (Å²) in [6.07, 6.45) is 0. The molecule has 1 atom stereocenters. The Hall–Kier alpha value is -2.91. The van der Waals surface area contributed by atoms with Crippen LogP contribution in [0.4, 0.5) is 5.69 Å². The molecule has 0 radical (unpaired) electrons. The topological polar surface area (TPSA) is 41.1 Å². The monoisotopic (exact) mass is 358 g/mol. The minimum absolute atomic E-state index is 0.0895. The zero-order valence-electron chi connectivity index (χ0n) is 16.1. The Labute approximate surface area is 161 Å². The molecule has 0 unspecified atom stereocenters. The minimum Gasteiger partial charge on any atom is -0.322 e. The van der Waals surface area contributed by atoms with E-state index < -0.39 is 0 Å². The summed E-state index contributed by atoms with van der Waals surface area (Å²) in [7, 11) is 0. The SMILES string of the molecule is Cc1ccc(C(=O)Nc2cccc(CN[C@@H](C)c3ccccc3C)c2)cc1. The van der Waals surface area contributed by atoms with Crippen LogP contribution in [0.25, 0.3) is 0 Å². The van der Waals surface area contributed by atoms with Crippen LogP contribution in [-0.2, 0) is 6.54 Å². The maximum atomic E-state index is 12.4. The summed E-state index contributed by atoms with van der Waals surface area (Å²) >= 11 is 0. The predicted octanol–water partition coefficient (Wildman–Crippen LogP) is 5.41. The second-order valence-electron chi connectivity index (χ2n) is 6.98. The van der Waals surface area contributed by atoms with Gasteiger partial charge in [0.05, 0.1) is 0 Å². The van der Waals surface area contributed by atoms with E-state index in [4.69, 9.17) is 0 Å². The highest BCUT2D eigenvalue weighted by molar-refractivity contribution is 6.04. The minimum atomic E-state index is -0.0895. The molecule has 0 aliphatic heterocycles. The van der Waals surface area contributed by atoms with Crippen LogP contribution in [0.3, 0.4) is 0 Å². The Morgan fingerprint density at radius 3 is 2.41 bits per heavy atom. The first-order valence-corrected chi connectivity index (χ1v) is 9.29. The van der Waals surface area contributed by atoms with Crippen molar-refractivity contribution in [2.24, 2.45) is 0 Å². The predicted molar refractivity (Wildman–Crippen MR) is 112 cm³/mol. The first kappa shape index (κ1) is 18.9. The molecule has 0 bridgehead atoms. The molecule has 3 rings (SSSR count). The largest absolute Gasteiger partial charge is 0.322 e. The van der Waals surface area contributed by atoms with Gasteiger partial charge >= 0.3 is 0 Å². The first-order chi connectivity index (χ1) is 13.0. The van der Waals surface area contributed by atoms with E-state index in [1.807, 2.05) is 49.4 Å². The molecule has 3 aromatic carbocycles. The number of carbonyl (C=O) groups is 1. The highest BCUT2D eigenvalue weighted by Gasteiger charge is 2.09. The van der Waals surface area contributed by atoms with Gasteiger partial charge in [-0.2, -0.15) is 0 Å². The van der Waals surface area contributed by atoms with Crippen LogP contribution in [-0.4, -0.2) is 5.91 Å². The van der Waals surface area contributed by atoms with Gasteiger partial charge in [-0.05, 0) is 61.7 Å². The molecule has 0 saturated heterocycles. The summed E-state index contributed by atoms with van der Waals surface area (Å²) in [5, 5.41) is 6.54. The molecule has 0 saturated carbocycles. The van der Waals surface area contributed by atoms with Gasteiger partial charge in [-0.3, -0.25) is 4.79 Å². The van der Waals surface area contributed by atoms with Gasteiger partial charge in [0, 0.05) is 23.8 Å². The average Bonchev–Trinajstić information content (AvgIpc) is 2.67. The second-order valence-corrected chi connectivity index (χ2v) is 6.98. The van der Waals surface area contributed by atoms with Gasteiger partial charge in [0.2, 0.25) is 0 Å². The number of rotatable bonds is 6. The highest BCUT2D eigenvalue weighted by Crippen LogP contribution is 2.18. The lowest BCUT2D eigenvalue weighted by Crippen LogP contribution is -2.19. The number of hydrogen-bond donors (Lipinski definition) is 2. The number of benzene rings is 3. The van der Waals surface area contributed by atoms with E-state index >= 15 is 0 Å². The Morgan fingerprint density at radius 2 is 1.67 bits per heavy atom. The fraction of sp³-hybridized carbons (Fsp3) is 0.208. The fourth-order valence-electron chi connectivity index (χ4n) is 3.12. The van der Waals surface area contributed by atoms with Crippen molar-refractivity contribution in [3.05, 3.63) is 101 Å². The summed E-state index contributed by atoms with van der Waals surface area (Å²) in [6, 6.07) is 24.2. The maximum absolute atomic E-state index is 12.4. The highest BCUT2D eigenvalue weighted by atomic mass is 16.1. The molecule has 1 amide bonds. The lowest BCUT2D eigenvalue weighted by molar-refractivity contribution is 0.102. The Balaban J connectivity index is 1.62. The smallest absolute Gasteiger partial charge is 0.255 e.